The maximum Gasteiger partial charge on any atom is 0.226 e. The van der Waals surface area contributed by atoms with Crippen LogP contribution in [0.1, 0.15) is 50.6 Å². The fraction of sp³-hybridized carbons (Fsp3) is 0.842. The molecule has 2 bridgehead atoms. The van der Waals surface area contributed by atoms with Crippen molar-refractivity contribution in [3.63, 3.8) is 0 Å². The van der Waals surface area contributed by atoms with Crippen LogP contribution in [0, 0.1) is 11.8 Å². The summed E-state index contributed by atoms with van der Waals surface area (Å²) in [6, 6.07) is 0.413. The van der Waals surface area contributed by atoms with E-state index in [4.69, 9.17) is 0 Å². The van der Waals surface area contributed by atoms with Crippen LogP contribution < -0.4 is 0 Å². The van der Waals surface area contributed by atoms with Crippen LogP contribution in [0.4, 0.5) is 0 Å². The van der Waals surface area contributed by atoms with Gasteiger partial charge in [-0.2, -0.15) is 0 Å². The molecule has 0 aromatic carbocycles. The summed E-state index contributed by atoms with van der Waals surface area (Å²) < 4.78 is 1.90. The molecule has 3 saturated heterocycles. The van der Waals surface area contributed by atoms with Crippen LogP contribution in [0.15, 0.2) is 6.20 Å². The molecule has 7 nitrogen and oxygen atoms in total. The lowest BCUT2D eigenvalue weighted by atomic mass is 9.75. The van der Waals surface area contributed by atoms with Gasteiger partial charge in [0.25, 0.3) is 0 Å². The second-order valence-electron chi connectivity index (χ2n) is 8.69. The maximum atomic E-state index is 12.4. The highest BCUT2D eigenvalue weighted by atomic mass is 16.3. The lowest BCUT2D eigenvalue weighted by Crippen LogP contribution is -2.57. The molecule has 1 aromatic heterocycles. The second-order valence-corrected chi connectivity index (χ2v) is 8.69. The number of carbonyl (C=O) groups excluding carboxylic acids is 1. The third kappa shape index (κ3) is 3.27. The third-order valence-electron chi connectivity index (χ3n) is 6.73. The van der Waals surface area contributed by atoms with Gasteiger partial charge in [-0.1, -0.05) is 24.5 Å². The van der Waals surface area contributed by atoms with E-state index in [-0.39, 0.29) is 11.8 Å². The molecular formula is C19H31N5O2. The fourth-order valence-corrected chi connectivity index (χ4v) is 5.15. The molecule has 4 aliphatic rings. The van der Waals surface area contributed by atoms with Crippen molar-refractivity contribution in [2.24, 2.45) is 11.8 Å². The van der Waals surface area contributed by atoms with E-state index in [2.05, 4.69) is 15.2 Å². The molecule has 3 aliphatic heterocycles. The number of fused-ring (bicyclic) bond motifs is 3. The second kappa shape index (κ2) is 6.93. The number of hydrogen-bond donors (Lipinski definition) is 1. The molecule has 0 spiro atoms. The first-order chi connectivity index (χ1) is 12.5. The van der Waals surface area contributed by atoms with Crippen molar-refractivity contribution in [2.45, 2.75) is 63.1 Å². The zero-order chi connectivity index (χ0) is 18.3. The number of rotatable bonds is 4. The minimum Gasteiger partial charge on any atom is -0.383 e. The van der Waals surface area contributed by atoms with Gasteiger partial charge in [0.05, 0.1) is 18.7 Å². The molecule has 4 fully saturated rings. The Morgan fingerprint density at radius 3 is 2.77 bits per heavy atom. The van der Waals surface area contributed by atoms with E-state index in [1.165, 1.54) is 6.42 Å². The van der Waals surface area contributed by atoms with Gasteiger partial charge in [0.1, 0.15) is 11.3 Å². The van der Waals surface area contributed by atoms with Crippen LogP contribution in [-0.4, -0.2) is 69.0 Å². The minimum atomic E-state index is -0.786. The molecule has 1 aliphatic carbocycles. The third-order valence-corrected chi connectivity index (χ3v) is 6.73. The molecule has 4 heterocycles. The van der Waals surface area contributed by atoms with E-state index in [9.17, 15) is 9.90 Å². The van der Waals surface area contributed by atoms with Gasteiger partial charge in [0.2, 0.25) is 5.91 Å². The molecule has 1 saturated carbocycles. The van der Waals surface area contributed by atoms with Gasteiger partial charge in [-0.05, 0) is 38.1 Å². The van der Waals surface area contributed by atoms with Crippen molar-refractivity contribution >= 4 is 5.91 Å². The van der Waals surface area contributed by atoms with Crippen LogP contribution in [0.3, 0.4) is 0 Å². The van der Waals surface area contributed by atoms with Gasteiger partial charge in [0.15, 0.2) is 0 Å². The van der Waals surface area contributed by atoms with E-state index in [0.717, 1.165) is 63.9 Å². The number of nitrogens with zero attached hydrogens (tertiary/aromatic N) is 5. The molecule has 5 rings (SSSR count). The topological polar surface area (TPSA) is 74.5 Å². The van der Waals surface area contributed by atoms with Gasteiger partial charge < -0.3 is 10.0 Å². The summed E-state index contributed by atoms with van der Waals surface area (Å²) in [5.41, 5.74) is -0.0557. The molecule has 7 heteroatoms. The van der Waals surface area contributed by atoms with Crippen LogP contribution in [0.5, 0.6) is 0 Å². The van der Waals surface area contributed by atoms with Crippen molar-refractivity contribution < 1.29 is 9.90 Å². The highest BCUT2D eigenvalue weighted by Crippen LogP contribution is 2.38. The molecular weight excluding hydrogens is 330 g/mol. The average molecular weight is 361 g/mol. The van der Waals surface area contributed by atoms with Crippen LogP contribution >= 0.6 is 0 Å². The molecule has 4 atom stereocenters. The number of hydrogen-bond acceptors (Lipinski definition) is 5. The Hall–Kier alpha value is -1.47. The van der Waals surface area contributed by atoms with Crippen molar-refractivity contribution in [1.29, 1.82) is 0 Å². The smallest absolute Gasteiger partial charge is 0.226 e. The number of carbonyl (C=O) groups is 1. The van der Waals surface area contributed by atoms with Gasteiger partial charge in [0, 0.05) is 26.7 Å². The summed E-state index contributed by atoms with van der Waals surface area (Å²) in [6.45, 7) is 2.72. The Morgan fingerprint density at radius 1 is 1.35 bits per heavy atom. The first kappa shape index (κ1) is 17.9. The lowest BCUT2D eigenvalue weighted by molar-refractivity contribution is -0.141. The van der Waals surface area contributed by atoms with Gasteiger partial charge >= 0.3 is 0 Å². The van der Waals surface area contributed by atoms with Crippen LogP contribution in [0.2, 0.25) is 0 Å². The number of aliphatic hydroxyl groups is 1. The van der Waals surface area contributed by atoms with Crippen molar-refractivity contribution in [3.8, 4) is 0 Å². The van der Waals surface area contributed by atoms with E-state index in [0.29, 0.717) is 12.0 Å². The Morgan fingerprint density at radius 2 is 2.12 bits per heavy atom. The number of amides is 1. The molecule has 144 valence electrons. The fourth-order valence-electron chi connectivity index (χ4n) is 5.15. The summed E-state index contributed by atoms with van der Waals surface area (Å²) in [7, 11) is 3.70. The Labute approximate surface area is 155 Å². The van der Waals surface area contributed by atoms with E-state index >= 15 is 0 Å². The first-order valence-corrected chi connectivity index (χ1v) is 10.0. The molecule has 26 heavy (non-hydrogen) atoms. The lowest BCUT2D eigenvalue weighted by Gasteiger charge is -2.49. The summed E-state index contributed by atoms with van der Waals surface area (Å²) in [5, 5.41) is 19.4. The van der Waals surface area contributed by atoms with E-state index in [1.54, 1.807) is 4.90 Å². The zero-order valence-electron chi connectivity index (χ0n) is 16.0. The van der Waals surface area contributed by atoms with Gasteiger partial charge in [-0.25, -0.2) is 0 Å². The Bertz CT molecular complexity index is 652. The highest BCUT2D eigenvalue weighted by Gasteiger charge is 2.44. The SMILES string of the molecule is CN(C)C(=O)[C@H]1CN2CC[C@@H]1C[C@@H]2Cn1cc(C2(O)CCCCC2)nn1. The molecule has 1 unspecified atom stereocenters. The summed E-state index contributed by atoms with van der Waals surface area (Å²) in [4.78, 5) is 16.6. The Kier molecular flexibility index (Phi) is 4.77. The van der Waals surface area contributed by atoms with Crippen molar-refractivity contribution in [3.05, 3.63) is 11.9 Å². The minimum absolute atomic E-state index is 0.143. The summed E-state index contributed by atoms with van der Waals surface area (Å²) >= 11 is 0. The predicted molar refractivity (Wildman–Crippen MR) is 97.3 cm³/mol. The number of aromatic nitrogens is 3. The molecule has 0 radical (unpaired) electrons. The van der Waals surface area contributed by atoms with Crippen LogP contribution in [0.25, 0.3) is 0 Å². The summed E-state index contributed by atoms with van der Waals surface area (Å²) in [5.74, 6) is 0.885. The van der Waals surface area contributed by atoms with E-state index in [1.807, 2.05) is 25.0 Å². The Balaban J connectivity index is 1.41. The largest absolute Gasteiger partial charge is 0.383 e. The quantitative estimate of drug-likeness (QED) is 0.873. The van der Waals surface area contributed by atoms with Gasteiger partial charge in [-0.3, -0.25) is 14.4 Å². The number of piperidine rings is 3. The van der Waals surface area contributed by atoms with Crippen molar-refractivity contribution in [1.82, 2.24) is 24.8 Å². The molecule has 1 aromatic rings. The zero-order valence-corrected chi connectivity index (χ0v) is 16.0. The average Bonchev–Trinajstić information content (AvgIpc) is 3.11. The molecule has 1 N–H and O–H groups in total. The normalized spacial score (nSPS) is 33.2. The van der Waals surface area contributed by atoms with Gasteiger partial charge in [-0.15, -0.1) is 5.10 Å². The first-order valence-electron chi connectivity index (χ1n) is 10.0. The summed E-state index contributed by atoms with van der Waals surface area (Å²) in [6.07, 6.45) is 8.99. The molecule has 1 amide bonds. The monoisotopic (exact) mass is 361 g/mol. The van der Waals surface area contributed by atoms with Crippen LogP contribution in [-0.2, 0) is 16.9 Å². The maximum absolute atomic E-state index is 12.4. The standard InChI is InChI=1S/C19H31N5O2/c1-22(2)18(25)16-12-23-9-6-14(16)10-15(23)11-24-13-17(20-21-24)19(26)7-4-3-5-8-19/h13-16,26H,3-12H2,1-2H3/t14-,15-,16+/m1/s1. The van der Waals surface area contributed by atoms with Crippen molar-refractivity contribution in [2.75, 3.05) is 27.2 Å². The highest BCUT2D eigenvalue weighted by molar-refractivity contribution is 5.79. The van der Waals surface area contributed by atoms with E-state index < -0.39 is 5.60 Å². The predicted octanol–water partition coefficient (Wildman–Crippen LogP) is 1.23.